The number of methoxy groups -OCH3 is 1. The fourth-order valence-corrected chi connectivity index (χ4v) is 3.09. The van der Waals surface area contributed by atoms with E-state index in [4.69, 9.17) is 9.47 Å². The summed E-state index contributed by atoms with van der Waals surface area (Å²) in [6.45, 7) is 8.87. The summed E-state index contributed by atoms with van der Waals surface area (Å²) in [6, 6.07) is 5.85. The summed E-state index contributed by atoms with van der Waals surface area (Å²) in [7, 11) is 1.64. The average molecular weight is 395 g/mol. The number of rotatable bonds is 6. The minimum absolute atomic E-state index is 0.119. The van der Waals surface area contributed by atoms with Crippen molar-refractivity contribution in [3.05, 3.63) is 33.9 Å². The average Bonchev–Trinajstić information content (AvgIpc) is 2.94. The molecule has 0 fully saturated rings. The lowest BCUT2D eigenvalue weighted by molar-refractivity contribution is 0.0516. The summed E-state index contributed by atoms with van der Waals surface area (Å²) in [6.07, 6.45) is 0. The van der Waals surface area contributed by atoms with Crippen molar-refractivity contribution in [3.63, 3.8) is 0 Å². The van der Waals surface area contributed by atoms with E-state index in [0.29, 0.717) is 18.8 Å². The van der Waals surface area contributed by atoms with Crippen molar-refractivity contribution in [2.45, 2.75) is 40.2 Å². The molecular formula is C18H23BrN2O3. The van der Waals surface area contributed by atoms with E-state index in [0.717, 1.165) is 27.0 Å². The summed E-state index contributed by atoms with van der Waals surface area (Å²) in [5.41, 5.74) is 3.08. The number of ether oxygens (including phenoxy) is 2. The first-order chi connectivity index (χ1) is 11.4. The first kappa shape index (κ1) is 18.5. The van der Waals surface area contributed by atoms with E-state index in [1.165, 1.54) is 0 Å². The number of benzene rings is 1. The van der Waals surface area contributed by atoms with Gasteiger partial charge in [-0.25, -0.2) is 4.79 Å². The van der Waals surface area contributed by atoms with Crippen molar-refractivity contribution in [1.82, 2.24) is 9.78 Å². The van der Waals surface area contributed by atoms with Gasteiger partial charge in [0.2, 0.25) is 0 Å². The smallest absolute Gasteiger partial charge is 0.359 e. The topological polar surface area (TPSA) is 53.3 Å². The second-order valence-electron chi connectivity index (χ2n) is 5.65. The van der Waals surface area contributed by atoms with E-state index in [9.17, 15) is 4.79 Å². The number of aromatic nitrogens is 2. The molecule has 1 aromatic heterocycles. The first-order valence-electron chi connectivity index (χ1n) is 8.06. The van der Waals surface area contributed by atoms with Crippen LogP contribution in [-0.4, -0.2) is 29.5 Å². The van der Waals surface area contributed by atoms with Gasteiger partial charge in [0.15, 0.2) is 5.69 Å². The Labute approximate surface area is 151 Å². The van der Waals surface area contributed by atoms with Gasteiger partial charge in [-0.1, -0.05) is 29.8 Å². The van der Waals surface area contributed by atoms with Gasteiger partial charge in [0, 0.05) is 22.1 Å². The Hall–Kier alpha value is -1.82. The predicted molar refractivity (Wildman–Crippen MR) is 97.6 cm³/mol. The number of nitrogens with zero attached hydrogens (tertiary/aromatic N) is 2. The number of carbonyl (C=O) groups is 1. The number of hydrogen-bond donors (Lipinski definition) is 0. The van der Waals surface area contributed by atoms with Crippen molar-refractivity contribution in [3.8, 4) is 17.0 Å². The first-order valence-corrected chi connectivity index (χ1v) is 8.85. The molecule has 0 radical (unpaired) electrons. The third-order valence-electron chi connectivity index (χ3n) is 3.75. The molecule has 0 atom stereocenters. The van der Waals surface area contributed by atoms with E-state index in [2.05, 4.69) is 34.9 Å². The molecule has 0 saturated heterocycles. The Morgan fingerprint density at radius 3 is 2.58 bits per heavy atom. The van der Waals surface area contributed by atoms with Gasteiger partial charge in [0.25, 0.3) is 0 Å². The van der Waals surface area contributed by atoms with Crippen molar-refractivity contribution in [1.29, 1.82) is 0 Å². The molecule has 0 saturated carbocycles. The third kappa shape index (κ3) is 3.48. The molecule has 0 unspecified atom stereocenters. The van der Waals surface area contributed by atoms with Gasteiger partial charge in [-0.05, 0) is 38.0 Å². The molecule has 0 bridgehead atoms. The summed E-state index contributed by atoms with van der Waals surface area (Å²) in [5.74, 6) is 0.468. The third-order valence-corrected chi connectivity index (χ3v) is 4.25. The highest BCUT2D eigenvalue weighted by atomic mass is 79.9. The van der Waals surface area contributed by atoms with E-state index in [-0.39, 0.29) is 11.9 Å². The Kier molecular flexibility index (Phi) is 6.04. The quantitative estimate of drug-likeness (QED) is 0.669. The minimum Gasteiger partial charge on any atom is -0.496 e. The molecule has 1 aromatic carbocycles. The Morgan fingerprint density at radius 2 is 2.04 bits per heavy atom. The van der Waals surface area contributed by atoms with Crippen LogP contribution in [0.1, 0.15) is 49.7 Å². The van der Waals surface area contributed by atoms with Gasteiger partial charge in [0.1, 0.15) is 5.75 Å². The zero-order valence-electron chi connectivity index (χ0n) is 14.7. The molecule has 2 aromatic rings. The molecule has 0 aliphatic rings. The lowest BCUT2D eigenvalue weighted by atomic mass is 9.96. The van der Waals surface area contributed by atoms with E-state index < -0.39 is 0 Å². The van der Waals surface area contributed by atoms with Crippen LogP contribution in [0, 0.1) is 0 Å². The molecule has 1 heterocycles. The maximum Gasteiger partial charge on any atom is 0.359 e. The van der Waals surface area contributed by atoms with Gasteiger partial charge in [-0.3, -0.25) is 4.68 Å². The summed E-state index contributed by atoms with van der Waals surface area (Å²) >= 11 is 3.47. The van der Waals surface area contributed by atoms with Crippen LogP contribution in [0.2, 0.25) is 0 Å². The van der Waals surface area contributed by atoms with Gasteiger partial charge < -0.3 is 9.47 Å². The van der Waals surface area contributed by atoms with E-state index in [1.54, 1.807) is 14.0 Å². The highest BCUT2D eigenvalue weighted by molar-refractivity contribution is 9.10. The summed E-state index contributed by atoms with van der Waals surface area (Å²) < 4.78 is 13.5. The molecule has 0 amide bonds. The molecule has 0 spiro atoms. The second kappa shape index (κ2) is 7.83. The lowest BCUT2D eigenvalue weighted by Gasteiger charge is -2.14. The molecule has 130 valence electrons. The fraction of sp³-hybridized carbons (Fsp3) is 0.444. The van der Waals surface area contributed by atoms with Crippen LogP contribution in [0.5, 0.6) is 5.75 Å². The number of aryl methyl sites for hydroxylation is 1. The SMILES string of the molecule is CCOC(=O)c1nn(CC)c(-c2ccc(Br)cc2OC)c1C(C)C. The standard InChI is InChI=1S/C18H23BrN2O3/c1-6-21-17(13-9-8-12(19)10-14(13)23-5)15(11(3)4)16(20-21)18(22)24-7-2/h8-11H,6-7H2,1-5H3. The van der Waals surface area contributed by atoms with Gasteiger partial charge in [0.05, 0.1) is 19.4 Å². The van der Waals surface area contributed by atoms with Crippen molar-refractivity contribution in [2.75, 3.05) is 13.7 Å². The van der Waals surface area contributed by atoms with Crippen LogP contribution >= 0.6 is 15.9 Å². The lowest BCUT2D eigenvalue weighted by Crippen LogP contribution is -2.09. The monoisotopic (exact) mass is 394 g/mol. The zero-order chi connectivity index (χ0) is 17.9. The molecular weight excluding hydrogens is 372 g/mol. The van der Waals surface area contributed by atoms with Crippen LogP contribution in [0.15, 0.2) is 22.7 Å². The zero-order valence-corrected chi connectivity index (χ0v) is 16.3. The molecule has 0 aliphatic carbocycles. The van der Waals surface area contributed by atoms with E-state index in [1.807, 2.05) is 29.8 Å². The van der Waals surface area contributed by atoms with Crippen molar-refractivity contribution < 1.29 is 14.3 Å². The van der Waals surface area contributed by atoms with Crippen LogP contribution in [0.3, 0.4) is 0 Å². The molecule has 5 nitrogen and oxygen atoms in total. The van der Waals surface area contributed by atoms with Crippen LogP contribution in [0.4, 0.5) is 0 Å². The van der Waals surface area contributed by atoms with Crippen molar-refractivity contribution >= 4 is 21.9 Å². The van der Waals surface area contributed by atoms with Crippen LogP contribution in [-0.2, 0) is 11.3 Å². The minimum atomic E-state index is -0.384. The van der Waals surface area contributed by atoms with Gasteiger partial charge >= 0.3 is 5.97 Å². The largest absolute Gasteiger partial charge is 0.496 e. The highest BCUT2D eigenvalue weighted by Crippen LogP contribution is 2.38. The number of hydrogen-bond acceptors (Lipinski definition) is 4. The molecule has 2 rings (SSSR count). The molecule has 6 heteroatoms. The van der Waals surface area contributed by atoms with Crippen LogP contribution in [0.25, 0.3) is 11.3 Å². The predicted octanol–water partition coefficient (Wildman–Crippen LogP) is 4.64. The summed E-state index contributed by atoms with van der Waals surface area (Å²) in [5, 5.41) is 4.52. The fourth-order valence-electron chi connectivity index (χ4n) is 2.75. The van der Waals surface area contributed by atoms with Crippen molar-refractivity contribution in [2.24, 2.45) is 0 Å². The Bertz CT molecular complexity index is 738. The Balaban J connectivity index is 2.75. The van der Waals surface area contributed by atoms with Gasteiger partial charge in [-0.2, -0.15) is 5.10 Å². The molecule has 24 heavy (non-hydrogen) atoms. The van der Waals surface area contributed by atoms with Gasteiger partial charge in [-0.15, -0.1) is 0 Å². The maximum absolute atomic E-state index is 12.4. The normalized spacial score (nSPS) is 11.0. The van der Waals surface area contributed by atoms with Crippen LogP contribution < -0.4 is 4.74 Å². The molecule has 0 N–H and O–H groups in total. The number of esters is 1. The highest BCUT2D eigenvalue weighted by Gasteiger charge is 2.27. The number of carbonyl (C=O) groups excluding carboxylic acids is 1. The number of halogens is 1. The molecule has 0 aliphatic heterocycles. The Morgan fingerprint density at radius 1 is 1.33 bits per heavy atom. The second-order valence-corrected chi connectivity index (χ2v) is 6.56. The van der Waals surface area contributed by atoms with E-state index >= 15 is 0 Å². The summed E-state index contributed by atoms with van der Waals surface area (Å²) in [4.78, 5) is 12.4. The maximum atomic E-state index is 12.4.